The van der Waals surface area contributed by atoms with Gasteiger partial charge in [0.1, 0.15) is 0 Å². The van der Waals surface area contributed by atoms with Crippen LogP contribution in [0.4, 0.5) is 0 Å². The van der Waals surface area contributed by atoms with Crippen molar-refractivity contribution in [2.75, 3.05) is 7.05 Å². The second-order valence-corrected chi connectivity index (χ2v) is 6.21. The minimum Gasteiger partial charge on any atom is -0.313 e. The zero-order valence-electron chi connectivity index (χ0n) is 11.1. The highest BCUT2D eigenvalue weighted by Crippen LogP contribution is 2.25. The average molecular weight is 386 g/mol. The third kappa shape index (κ3) is 3.71. The average Bonchev–Trinajstić information content (AvgIpc) is 2.41. The van der Waals surface area contributed by atoms with Crippen LogP contribution in [0.25, 0.3) is 0 Å². The SMILES string of the molecule is CNC(Cc1ccccc1C)c1ccc(I)c(Cl)c1. The fourth-order valence-electron chi connectivity index (χ4n) is 2.17. The molecule has 0 saturated heterocycles. The molecule has 0 bridgehead atoms. The summed E-state index contributed by atoms with van der Waals surface area (Å²) in [5, 5.41) is 4.20. The van der Waals surface area contributed by atoms with E-state index in [0.717, 1.165) is 15.0 Å². The standard InChI is InChI=1S/C16H17ClIN/c1-11-5-3-4-6-12(11)10-16(19-2)13-7-8-15(18)14(17)9-13/h3-9,16,19H,10H2,1-2H3. The minimum atomic E-state index is 0.288. The molecule has 2 aromatic rings. The zero-order chi connectivity index (χ0) is 13.8. The van der Waals surface area contributed by atoms with Gasteiger partial charge in [0.25, 0.3) is 0 Å². The number of nitrogens with one attached hydrogen (secondary N) is 1. The molecule has 0 saturated carbocycles. The highest BCUT2D eigenvalue weighted by Gasteiger charge is 2.12. The fraction of sp³-hybridized carbons (Fsp3) is 0.250. The summed E-state index contributed by atoms with van der Waals surface area (Å²) in [6.45, 7) is 2.16. The molecule has 0 fully saturated rings. The lowest BCUT2D eigenvalue weighted by Crippen LogP contribution is -2.19. The highest BCUT2D eigenvalue weighted by atomic mass is 127. The lowest BCUT2D eigenvalue weighted by molar-refractivity contribution is 0.590. The van der Waals surface area contributed by atoms with Gasteiger partial charge in [-0.1, -0.05) is 41.9 Å². The first-order chi connectivity index (χ1) is 9.11. The Bertz CT molecular complexity index is 568. The van der Waals surface area contributed by atoms with E-state index >= 15 is 0 Å². The van der Waals surface area contributed by atoms with Gasteiger partial charge in [0.15, 0.2) is 0 Å². The molecule has 1 N–H and O–H groups in total. The van der Waals surface area contributed by atoms with Crippen molar-refractivity contribution < 1.29 is 0 Å². The first kappa shape index (κ1) is 14.8. The summed E-state index contributed by atoms with van der Waals surface area (Å²) in [5.41, 5.74) is 3.94. The normalized spacial score (nSPS) is 12.4. The molecule has 3 heteroatoms. The van der Waals surface area contributed by atoms with E-state index in [1.54, 1.807) is 0 Å². The molecule has 0 radical (unpaired) electrons. The summed E-state index contributed by atoms with van der Waals surface area (Å²) in [7, 11) is 1.99. The van der Waals surface area contributed by atoms with Crippen LogP contribution in [0, 0.1) is 10.5 Å². The van der Waals surface area contributed by atoms with Gasteiger partial charge in [-0.25, -0.2) is 0 Å². The first-order valence-electron chi connectivity index (χ1n) is 6.28. The molecule has 1 atom stereocenters. The Hall–Kier alpha value is -0.580. The summed E-state index contributed by atoms with van der Waals surface area (Å²) in [5.74, 6) is 0. The van der Waals surface area contributed by atoms with E-state index in [4.69, 9.17) is 11.6 Å². The topological polar surface area (TPSA) is 12.0 Å². The smallest absolute Gasteiger partial charge is 0.0542 e. The molecule has 2 rings (SSSR count). The molecule has 100 valence electrons. The van der Waals surface area contributed by atoms with Gasteiger partial charge in [-0.05, 0) is 71.8 Å². The van der Waals surface area contributed by atoms with Crippen molar-refractivity contribution in [2.24, 2.45) is 0 Å². The largest absolute Gasteiger partial charge is 0.313 e. The van der Waals surface area contributed by atoms with Gasteiger partial charge in [-0.2, -0.15) is 0 Å². The fourth-order valence-corrected chi connectivity index (χ4v) is 2.70. The van der Waals surface area contributed by atoms with Crippen molar-refractivity contribution >= 4 is 34.2 Å². The van der Waals surface area contributed by atoms with Crippen LogP contribution in [0.3, 0.4) is 0 Å². The van der Waals surface area contributed by atoms with E-state index in [2.05, 4.69) is 77.3 Å². The van der Waals surface area contributed by atoms with Gasteiger partial charge in [-0.15, -0.1) is 0 Å². The van der Waals surface area contributed by atoms with Crippen molar-refractivity contribution in [1.29, 1.82) is 0 Å². The third-order valence-electron chi connectivity index (χ3n) is 3.38. The van der Waals surface area contributed by atoms with Crippen LogP contribution in [0.15, 0.2) is 42.5 Å². The molecule has 1 nitrogen and oxygen atoms in total. The maximum absolute atomic E-state index is 6.21. The van der Waals surface area contributed by atoms with Crippen LogP contribution >= 0.6 is 34.2 Å². The molecule has 0 aliphatic heterocycles. The Morgan fingerprint density at radius 1 is 1.21 bits per heavy atom. The summed E-state index contributed by atoms with van der Waals surface area (Å²) >= 11 is 8.47. The van der Waals surface area contributed by atoms with Crippen molar-refractivity contribution in [1.82, 2.24) is 5.32 Å². The molecular weight excluding hydrogens is 369 g/mol. The number of hydrogen-bond acceptors (Lipinski definition) is 1. The predicted molar refractivity (Wildman–Crippen MR) is 90.9 cm³/mol. The van der Waals surface area contributed by atoms with Crippen molar-refractivity contribution in [3.8, 4) is 0 Å². The van der Waals surface area contributed by atoms with Gasteiger partial charge < -0.3 is 5.32 Å². The van der Waals surface area contributed by atoms with Gasteiger partial charge in [0, 0.05) is 9.61 Å². The molecular formula is C16H17ClIN. The number of likely N-dealkylation sites (N-methyl/N-ethyl adjacent to an activating group) is 1. The van der Waals surface area contributed by atoms with E-state index in [-0.39, 0.29) is 6.04 Å². The number of rotatable bonds is 4. The van der Waals surface area contributed by atoms with Crippen LogP contribution in [0.2, 0.25) is 5.02 Å². The molecule has 0 aliphatic carbocycles. The van der Waals surface area contributed by atoms with Crippen molar-refractivity contribution in [3.63, 3.8) is 0 Å². The maximum atomic E-state index is 6.21. The molecule has 2 aromatic carbocycles. The number of hydrogen-bond donors (Lipinski definition) is 1. The Kier molecular flexibility index (Phi) is 5.25. The lowest BCUT2D eigenvalue weighted by Gasteiger charge is -2.18. The van der Waals surface area contributed by atoms with Crippen LogP contribution < -0.4 is 5.32 Å². The quantitative estimate of drug-likeness (QED) is 0.749. The van der Waals surface area contributed by atoms with E-state index in [9.17, 15) is 0 Å². The Morgan fingerprint density at radius 2 is 1.95 bits per heavy atom. The van der Waals surface area contributed by atoms with Gasteiger partial charge in [-0.3, -0.25) is 0 Å². The van der Waals surface area contributed by atoms with Crippen molar-refractivity contribution in [2.45, 2.75) is 19.4 Å². The summed E-state index contributed by atoms with van der Waals surface area (Å²) in [6.07, 6.45) is 0.972. The summed E-state index contributed by atoms with van der Waals surface area (Å²) in [4.78, 5) is 0. The molecule has 1 unspecified atom stereocenters. The van der Waals surface area contributed by atoms with Crippen LogP contribution in [-0.2, 0) is 6.42 Å². The van der Waals surface area contributed by atoms with Gasteiger partial charge in [0.05, 0.1) is 5.02 Å². The van der Waals surface area contributed by atoms with Crippen molar-refractivity contribution in [3.05, 3.63) is 67.7 Å². The van der Waals surface area contributed by atoms with E-state index < -0.39 is 0 Å². The summed E-state index contributed by atoms with van der Waals surface area (Å²) < 4.78 is 1.09. The molecule has 0 aliphatic rings. The monoisotopic (exact) mass is 385 g/mol. The molecule has 0 aromatic heterocycles. The van der Waals surface area contributed by atoms with Crippen LogP contribution in [0.5, 0.6) is 0 Å². The Balaban J connectivity index is 2.25. The van der Waals surface area contributed by atoms with Gasteiger partial charge >= 0.3 is 0 Å². The number of halogens is 2. The molecule has 0 heterocycles. The molecule has 19 heavy (non-hydrogen) atoms. The zero-order valence-corrected chi connectivity index (χ0v) is 14.0. The number of aryl methyl sites for hydroxylation is 1. The van der Waals surface area contributed by atoms with E-state index in [1.807, 2.05) is 7.05 Å². The maximum Gasteiger partial charge on any atom is 0.0542 e. The summed E-state index contributed by atoms with van der Waals surface area (Å²) in [6, 6.07) is 15.1. The Labute approximate surface area is 133 Å². The van der Waals surface area contributed by atoms with Gasteiger partial charge in [0.2, 0.25) is 0 Å². The van der Waals surface area contributed by atoms with Crippen LogP contribution in [0.1, 0.15) is 22.7 Å². The second kappa shape index (κ2) is 6.73. The van der Waals surface area contributed by atoms with E-state index in [0.29, 0.717) is 0 Å². The number of benzene rings is 2. The first-order valence-corrected chi connectivity index (χ1v) is 7.74. The third-order valence-corrected chi connectivity index (χ3v) is 4.95. The van der Waals surface area contributed by atoms with Crippen LogP contribution in [-0.4, -0.2) is 7.05 Å². The van der Waals surface area contributed by atoms with E-state index in [1.165, 1.54) is 16.7 Å². The lowest BCUT2D eigenvalue weighted by atomic mass is 9.96. The predicted octanol–water partition coefficient (Wildman–Crippen LogP) is 4.76. The Morgan fingerprint density at radius 3 is 2.58 bits per heavy atom. The second-order valence-electron chi connectivity index (χ2n) is 4.65. The highest BCUT2D eigenvalue weighted by molar-refractivity contribution is 14.1. The molecule has 0 amide bonds. The minimum absolute atomic E-state index is 0.288. The molecule has 0 spiro atoms.